The van der Waals surface area contributed by atoms with E-state index in [1.165, 1.54) is 19.1 Å². The number of rotatable bonds is 4. The van der Waals surface area contributed by atoms with Gasteiger partial charge >= 0.3 is 0 Å². The number of ketones is 1. The molecular weight excluding hydrogens is 259 g/mol. The van der Waals surface area contributed by atoms with Gasteiger partial charge in [0.25, 0.3) is 5.91 Å². The second-order valence-electron chi connectivity index (χ2n) is 4.35. The predicted molar refractivity (Wildman–Crippen MR) is 71.7 cm³/mol. The number of nitrogens with one attached hydrogen (secondary N) is 1. The highest BCUT2D eigenvalue weighted by Gasteiger charge is 2.13. The van der Waals surface area contributed by atoms with Crippen LogP contribution in [0.3, 0.4) is 0 Å². The largest absolute Gasteiger partial charge is 0.318 e. The van der Waals surface area contributed by atoms with Gasteiger partial charge in [-0.1, -0.05) is 12.1 Å². The molecule has 0 aliphatic carbocycles. The molecule has 2 rings (SSSR count). The number of nitrogens with zero attached hydrogens (tertiary/aromatic N) is 1. The van der Waals surface area contributed by atoms with Crippen molar-refractivity contribution in [3.63, 3.8) is 0 Å². The van der Waals surface area contributed by atoms with Crippen LogP contribution in [0.4, 0.5) is 10.1 Å². The van der Waals surface area contributed by atoms with E-state index in [4.69, 9.17) is 0 Å². The SMILES string of the molecule is CC(=O)c1ccc[n+](CC(=O)Nc2ccccc2F)c1. The fraction of sp³-hybridized carbons (Fsp3) is 0.133. The molecule has 0 bridgehead atoms. The van der Waals surface area contributed by atoms with Gasteiger partial charge in [0.05, 0.1) is 11.3 Å². The number of carbonyl (C=O) groups excluding carboxylic acids is 2. The van der Waals surface area contributed by atoms with E-state index < -0.39 is 5.82 Å². The van der Waals surface area contributed by atoms with E-state index in [2.05, 4.69) is 5.32 Å². The lowest BCUT2D eigenvalue weighted by Crippen LogP contribution is -2.40. The molecule has 5 heteroatoms. The Morgan fingerprint density at radius 1 is 1.20 bits per heavy atom. The van der Waals surface area contributed by atoms with Gasteiger partial charge in [0.1, 0.15) is 5.82 Å². The van der Waals surface area contributed by atoms with Gasteiger partial charge in [-0.3, -0.25) is 9.59 Å². The van der Waals surface area contributed by atoms with Crippen LogP contribution in [0.2, 0.25) is 0 Å². The highest BCUT2D eigenvalue weighted by molar-refractivity contribution is 5.93. The fourth-order valence-electron chi connectivity index (χ4n) is 1.75. The molecule has 0 spiro atoms. The number of Topliss-reactive ketones (excluding diaryl/α,β-unsaturated/α-hetero) is 1. The fourth-order valence-corrected chi connectivity index (χ4v) is 1.75. The smallest absolute Gasteiger partial charge is 0.290 e. The zero-order valence-corrected chi connectivity index (χ0v) is 11.0. The van der Waals surface area contributed by atoms with Crippen molar-refractivity contribution >= 4 is 17.4 Å². The van der Waals surface area contributed by atoms with Crippen LogP contribution in [0.5, 0.6) is 0 Å². The number of para-hydroxylation sites is 1. The summed E-state index contributed by atoms with van der Waals surface area (Å²) in [6.07, 6.45) is 3.26. The Kier molecular flexibility index (Phi) is 4.20. The van der Waals surface area contributed by atoms with E-state index >= 15 is 0 Å². The zero-order valence-electron chi connectivity index (χ0n) is 11.0. The van der Waals surface area contributed by atoms with Gasteiger partial charge in [-0.05, 0) is 25.1 Å². The molecule has 0 aliphatic heterocycles. The zero-order chi connectivity index (χ0) is 14.5. The predicted octanol–water partition coefficient (Wildman–Crippen LogP) is 1.95. The molecule has 1 N–H and O–H groups in total. The molecule has 1 heterocycles. The molecule has 0 saturated heterocycles. The van der Waals surface area contributed by atoms with Crippen molar-refractivity contribution < 1.29 is 18.5 Å². The molecule has 0 unspecified atom stereocenters. The van der Waals surface area contributed by atoms with Gasteiger partial charge in [0.2, 0.25) is 6.54 Å². The minimum Gasteiger partial charge on any atom is -0.318 e. The van der Waals surface area contributed by atoms with Gasteiger partial charge in [-0.2, -0.15) is 4.57 Å². The monoisotopic (exact) mass is 273 g/mol. The third-order valence-electron chi connectivity index (χ3n) is 2.74. The average molecular weight is 273 g/mol. The number of hydrogen-bond acceptors (Lipinski definition) is 2. The summed E-state index contributed by atoms with van der Waals surface area (Å²) < 4.78 is 15.0. The molecule has 0 fully saturated rings. The van der Waals surface area contributed by atoms with E-state index in [-0.39, 0.29) is 23.9 Å². The highest BCUT2D eigenvalue weighted by Crippen LogP contribution is 2.11. The number of aromatic nitrogens is 1. The number of anilines is 1. The minimum atomic E-state index is -0.483. The Labute approximate surface area is 115 Å². The van der Waals surface area contributed by atoms with Crippen molar-refractivity contribution in [3.8, 4) is 0 Å². The number of carbonyl (C=O) groups is 2. The van der Waals surface area contributed by atoms with Crippen molar-refractivity contribution in [2.75, 3.05) is 5.32 Å². The van der Waals surface area contributed by atoms with Crippen LogP contribution >= 0.6 is 0 Å². The van der Waals surface area contributed by atoms with Gasteiger partial charge in [-0.25, -0.2) is 4.39 Å². The maximum atomic E-state index is 13.4. The van der Waals surface area contributed by atoms with Crippen LogP contribution in [0, 0.1) is 5.82 Å². The summed E-state index contributed by atoms with van der Waals surface area (Å²) in [6, 6.07) is 9.32. The minimum absolute atomic E-state index is 0.00938. The summed E-state index contributed by atoms with van der Waals surface area (Å²) in [4.78, 5) is 23.1. The standard InChI is InChI=1S/C15H13FN2O2/c1-11(19)12-5-4-8-18(9-12)10-15(20)17-14-7-3-2-6-13(14)16/h2-9H,10H2,1H3/p+1. The van der Waals surface area contributed by atoms with E-state index in [9.17, 15) is 14.0 Å². The highest BCUT2D eigenvalue weighted by atomic mass is 19.1. The summed E-state index contributed by atoms with van der Waals surface area (Å²) in [5.74, 6) is -0.919. The normalized spacial score (nSPS) is 10.1. The van der Waals surface area contributed by atoms with Crippen molar-refractivity contribution in [3.05, 3.63) is 60.2 Å². The van der Waals surface area contributed by atoms with Crippen molar-refractivity contribution in [2.45, 2.75) is 13.5 Å². The van der Waals surface area contributed by atoms with Crippen LogP contribution in [-0.2, 0) is 11.3 Å². The van der Waals surface area contributed by atoms with Crippen LogP contribution in [0.1, 0.15) is 17.3 Å². The van der Waals surface area contributed by atoms with Gasteiger partial charge in [-0.15, -0.1) is 0 Å². The van der Waals surface area contributed by atoms with E-state index in [0.717, 1.165) is 0 Å². The number of benzene rings is 1. The molecule has 1 amide bonds. The second-order valence-corrected chi connectivity index (χ2v) is 4.35. The molecule has 4 nitrogen and oxygen atoms in total. The summed E-state index contributed by atoms with van der Waals surface area (Å²) >= 11 is 0. The number of pyridine rings is 1. The summed E-state index contributed by atoms with van der Waals surface area (Å²) in [5.41, 5.74) is 0.659. The molecule has 1 aromatic heterocycles. The Morgan fingerprint density at radius 3 is 2.65 bits per heavy atom. The van der Waals surface area contributed by atoms with Crippen LogP contribution in [0.25, 0.3) is 0 Å². The van der Waals surface area contributed by atoms with Crippen LogP contribution in [-0.4, -0.2) is 11.7 Å². The lowest BCUT2D eigenvalue weighted by Gasteiger charge is -2.04. The summed E-state index contributed by atoms with van der Waals surface area (Å²) in [7, 11) is 0. The summed E-state index contributed by atoms with van der Waals surface area (Å²) in [5, 5.41) is 2.49. The van der Waals surface area contributed by atoms with Crippen molar-refractivity contribution in [1.29, 1.82) is 0 Å². The average Bonchev–Trinajstić information content (AvgIpc) is 2.41. The molecule has 20 heavy (non-hydrogen) atoms. The first-order valence-electron chi connectivity index (χ1n) is 6.10. The van der Waals surface area contributed by atoms with Crippen LogP contribution < -0.4 is 9.88 Å². The first kappa shape index (κ1) is 13.9. The van der Waals surface area contributed by atoms with E-state index in [1.54, 1.807) is 41.2 Å². The molecule has 0 radical (unpaired) electrons. The third kappa shape index (κ3) is 3.47. The quantitative estimate of drug-likeness (QED) is 0.684. The Bertz CT molecular complexity index is 656. The number of halogens is 1. The maximum absolute atomic E-state index is 13.4. The lowest BCUT2D eigenvalue weighted by atomic mass is 10.2. The first-order chi connectivity index (χ1) is 9.56. The third-order valence-corrected chi connectivity index (χ3v) is 2.74. The van der Waals surface area contributed by atoms with Gasteiger partial charge < -0.3 is 5.32 Å². The molecule has 0 atom stereocenters. The lowest BCUT2D eigenvalue weighted by molar-refractivity contribution is -0.684. The molecule has 1 aromatic carbocycles. The van der Waals surface area contributed by atoms with Gasteiger partial charge in [0, 0.05) is 6.07 Å². The van der Waals surface area contributed by atoms with Gasteiger partial charge in [0.15, 0.2) is 18.2 Å². The molecule has 102 valence electrons. The molecule has 0 aliphatic rings. The van der Waals surface area contributed by atoms with Crippen molar-refractivity contribution in [1.82, 2.24) is 0 Å². The molecule has 0 saturated carbocycles. The van der Waals surface area contributed by atoms with Crippen LogP contribution in [0.15, 0.2) is 48.8 Å². The van der Waals surface area contributed by atoms with E-state index in [1.807, 2.05) is 0 Å². The number of amides is 1. The number of hydrogen-bond donors (Lipinski definition) is 1. The topological polar surface area (TPSA) is 50.0 Å². The second kappa shape index (κ2) is 6.06. The Balaban J connectivity index is 2.07. The Morgan fingerprint density at radius 2 is 1.95 bits per heavy atom. The molecular formula is C15H14FN2O2+. The summed E-state index contributed by atoms with van der Waals surface area (Å²) in [6.45, 7) is 1.47. The van der Waals surface area contributed by atoms with Crippen molar-refractivity contribution in [2.24, 2.45) is 0 Å². The van der Waals surface area contributed by atoms with E-state index in [0.29, 0.717) is 5.56 Å². The first-order valence-corrected chi connectivity index (χ1v) is 6.10. The Hall–Kier alpha value is -2.56. The molecule has 2 aromatic rings. The maximum Gasteiger partial charge on any atom is 0.290 e.